The third-order valence-corrected chi connectivity index (χ3v) is 0.716. The van der Waals surface area contributed by atoms with Crippen molar-refractivity contribution in [3.8, 4) is 5.81 Å². The molecule has 0 aliphatic carbocycles. The second-order valence-electron chi connectivity index (χ2n) is 0.806. The van der Waals surface area contributed by atoms with Crippen LogP contribution in [0.15, 0.2) is 0 Å². The van der Waals surface area contributed by atoms with Crippen LogP contribution in [-0.4, -0.2) is 5.52 Å². The molecule has 0 saturated heterocycles. The molecule has 3 heteroatoms. The van der Waals surface area contributed by atoms with Gasteiger partial charge >= 0.3 is 0 Å². The van der Waals surface area contributed by atoms with Crippen LogP contribution in [0.5, 0.6) is 0 Å². The Balaban J connectivity index is 3.13. The molecular weight excluding hydrogens is 97.0 g/mol. The molecule has 1 unspecified atom stereocenters. The first kappa shape index (κ1) is 5.59. The second kappa shape index (κ2) is 2.81. The van der Waals surface area contributed by atoms with Gasteiger partial charge in [0.05, 0.1) is 0 Å². The third kappa shape index (κ3) is 3.59. The minimum atomic E-state index is -0.0509. The Morgan fingerprint density at radius 2 is 2.50 bits per heavy atom. The van der Waals surface area contributed by atoms with Crippen LogP contribution < -0.4 is 5.26 Å². The molecule has 0 aliphatic rings. The van der Waals surface area contributed by atoms with E-state index in [0.717, 1.165) is 0 Å². The minimum absolute atomic E-state index is 0.0185. The summed E-state index contributed by atoms with van der Waals surface area (Å²) < 4.78 is 0. The van der Waals surface area contributed by atoms with Gasteiger partial charge in [-0.15, -0.1) is 0 Å². The van der Waals surface area contributed by atoms with Gasteiger partial charge in [-0.25, -0.2) is 0 Å². The molecule has 0 bridgehead atoms. The number of rotatable bonds is 1. The quantitative estimate of drug-likeness (QED) is 0.421. The molecule has 0 spiro atoms. The van der Waals surface area contributed by atoms with Gasteiger partial charge in [-0.2, -0.15) is 0 Å². The smallest absolute Gasteiger partial charge is 0.294 e. The van der Waals surface area contributed by atoms with Crippen LogP contribution in [-0.2, 0) is 4.79 Å². The van der Waals surface area contributed by atoms with Crippen molar-refractivity contribution < 1.29 is 10.1 Å². The summed E-state index contributed by atoms with van der Waals surface area (Å²) in [6.07, 6.45) is 0. The van der Waals surface area contributed by atoms with E-state index >= 15 is 0 Å². The molecule has 1 N–H and O–H groups in total. The van der Waals surface area contributed by atoms with Gasteiger partial charge in [-0.3, -0.25) is 4.79 Å². The molecule has 0 saturated carbocycles. The van der Waals surface area contributed by atoms with Crippen molar-refractivity contribution in [1.29, 1.82) is 0 Å². The molecule has 1 atom stereocenters. The van der Waals surface area contributed by atoms with E-state index in [9.17, 15) is 4.79 Å². The average Bonchev–Trinajstić information content (AvgIpc) is 1.35. The highest BCUT2D eigenvalue weighted by Gasteiger charge is 1.88. The van der Waals surface area contributed by atoms with E-state index in [1.807, 2.05) is 5.81 Å². The summed E-state index contributed by atoms with van der Waals surface area (Å²) in [5.74, 6) is 2.00. The summed E-state index contributed by atoms with van der Waals surface area (Å²) in [4.78, 5) is 9.87. The summed E-state index contributed by atoms with van der Waals surface area (Å²) in [6.45, 7) is 1.44. The van der Waals surface area contributed by atoms with Crippen LogP contribution in [0.4, 0.5) is 0 Å². The van der Waals surface area contributed by atoms with Crippen molar-refractivity contribution in [3.63, 3.8) is 0 Å². The first-order valence-corrected chi connectivity index (χ1v) is 2.45. The fourth-order valence-corrected chi connectivity index (χ4v) is 0.264. The third-order valence-electron chi connectivity index (χ3n) is 0.239. The number of carbonyl (C=O) groups excluding carboxylic acids is 1. The Bertz CT molecular complexity index is 93.5. The maximum Gasteiger partial charge on any atom is 0.296 e. The molecule has 0 rings (SSSR count). The average molecular weight is 102 g/mol. The van der Waals surface area contributed by atoms with Gasteiger partial charge < -0.3 is 0 Å². The number of hydrogen-bond acceptors (Lipinski definition) is 1. The zero-order chi connectivity index (χ0) is 4.99. The second-order valence-corrected chi connectivity index (χ2v) is 2.01. The normalized spacial score (nSPS) is 8.67. The van der Waals surface area contributed by atoms with E-state index in [0.29, 0.717) is 0 Å². The van der Waals surface area contributed by atoms with Crippen molar-refractivity contribution in [2.75, 3.05) is 0 Å². The highest BCUT2D eigenvalue weighted by Crippen LogP contribution is 2.03. The lowest BCUT2D eigenvalue weighted by molar-refractivity contribution is -0.109. The standard InChI is InChI=1S/C3H4NOP/c1-3(5)6-2-4/h6H,1H3/p+1. The van der Waals surface area contributed by atoms with E-state index in [4.69, 9.17) is 5.26 Å². The molecule has 0 aromatic carbocycles. The van der Waals surface area contributed by atoms with Crippen LogP contribution >= 0.6 is 8.58 Å². The van der Waals surface area contributed by atoms with Crippen molar-refractivity contribution in [2.24, 2.45) is 0 Å². The predicted molar refractivity (Wildman–Crippen MR) is 23.8 cm³/mol. The fraction of sp³-hybridized carbons (Fsp3) is 0.333. The highest BCUT2D eigenvalue weighted by atomic mass is 31.1. The molecule has 0 heterocycles. The van der Waals surface area contributed by atoms with E-state index in [-0.39, 0.29) is 14.1 Å². The highest BCUT2D eigenvalue weighted by molar-refractivity contribution is 7.62. The number of nitrogens with one attached hydrogen (secondary N) is 1. The zero-order valence-corrected chi connectivity index (χ0v) is 4.41. The van der Waals surface area contributed by atoms with Gasteiger partial charge in [-0.05, 0) is 6.92 Å². The van der Waals surface area contributed by atoms with Gasteiger partial charge in [0.25, 0.3) is 5.81 Å². The molecular formula is C3H5NOP+. The topological polar surface area (TPSA) is 40.9 Å². The molecule has 6 heavy (non-hydrogen) atoms. The maximum absolute atomic E-state index is 9.87. The van der Waals surface area contributed by atoms with E-state index in [1.54, 1.807) is 0 Å². The van der Waals surface area contributed by atoms with Crippen LogP contribution in [0.3, 0.4) is 0 Å². The SMILES string of the molecule is CC(=O)PC#[NH+]. The lowest BCUT2D eigenvalue weighted by Crippen LogP contribution is -2.15. The molecule has 0 aliphatic heterocycles. The minimum Gasteiger partial charge on any atom is -0.294 e. The number of hydrogen-bond donors (Lipinski definition) is 1. The Hall–Kier alpha value is -0.410. The van der Waals surface area contributed by atoms with Gasteiger partial charge in [0.1, 0.15) is 8.58 Å². The molecule has 0 radical (unpaired) electrons. The molecule has 0 fully saturated rings. The summed E-state index contributed by atoms with van der Waals surface area (Å²) in [5.41, 5.74) is 0.0185. The van der Waals surface area contributed by atoms with Gasteiger partial charge in [0, 0.05) is 0 Å². The van der Waals surface area contributed by atoms with E-state index < -0.39 is 0 Å². The molecule has 32 valence electrons. The molecule has 0 aromatic rings. The van der Waals surface area contributed by atoms with Gasteiger partial charge in [0.2, 0.25) is 0 Å². The summed E-state index contributed by atoms with van der Waals surface area (Å²) in [6, 6.07) is 0. The monoisotopic (exact) mass is 102 g/mol. The van der Waals surface area contributed by atoms with E-state index in [1.165, 1.54) is 6.92 Å². The molecule has 0 amide bonds. The van der Waals surface area contributed by atoms with Crippen LogP contribution in [0.2, 0.25) is 0 Å². The largest absolute Gasteiger partial charge is 0.296 e. The summed E-state index contributed by atoms with van der Waals surface area (Å²) >= 11 is 0. The van der Waals surface area contributed by atoms with Crippen LogP contribution in [0.25, 0.3) is 0 Å². The Labute approximate surface area is 37.9 Å². The van der Waals surface area contributed by atoms with Gasteiger partial charge in [-0.1, -0.05) is 5.26 Å². The van der Waals surface area contributed by atoms with Crippen molar-refractivity contribution in [2.45, 2.75) is 6.92 Å². The van der Waals surface area contributed by atoms with E-state index in [2.05, 4.69) is 0 Å². The zero-order valence-electron chi connectivity index (χ0n) is 3.41. The van der Waals surface area contributed by atoms with Gasteiger partial charge in [0.15, 0.2) is 5.52 Å². The number of carbonyl (C=O) groups is 1. The molecule has 0 aromatic heterocycles. The lowest BCUT2D eigenvalue weighted by Gasteiger charge is -1.65. The fourth-order valence-electron chi connectivity index (χ4n) is 0.0880. The van der Waals surface area contributed by atoms with Crippen LogP contribution in [0.1, 0.15) is 6.92 Å². The predicted octanol–water partition coefficient (Wildman–Crippen LogP) is -1.06. The Morgan fingerprint density at radius 1 is 2.00 bits per heavy atom. The molecule has 2 nitrogen and oxygen atoms in total. The summed E-state index contributed by atoms with van der Waals surface area (Å²) in [7, 11) is -0.0509. The van der Waals surface area contributed by atoms with Crippen LogP contribution in [0, 0.1) is 5.81 Å². The van der Waals surface area contributed by atoms with Crippen molar-refractivity contribution in [3.05, 3.63) is 0 Å². The van der Waals surface area contributed by atoms with Crippen molar-refractivity contribution in [1.82, 2.24) is 0 Å². The van der Waals surface area contributed by atoms with Crippen molar-refractivity contribution >= 4 is 14.1 Å². The lowest BCUT2D eigenvalue weighted by atomic mass is 10.9. The first-order chi connectivity index (χ1) is 2.77. The Morgan fingerprint density at radius 3 is 2.50 bits per heavy atom. The Kier molecular flexibility index (Phi) is 2.62. The first-order valence-electron chi connectivity index (χ1n) is 1.45. The summed E-state index contributed by atoms with van der Waals surface area (Å²) in [5, 5.41) is 6.27. The maximum atomic E-state index is 9.87.